The lowest BCUT2D eigenvalue weighted by atomic mass is 10.1. The second-order valence-corrected chi connectivity index (χ2v) is 8.45. The van der Waals surface area contributed by atoms with Crippen LogP contribution in [-0.4, -0.2) is 34.4 Å². The smallest absolute Gasteiger partial charge is 0.412 e. The summed E-state index contributed by atoms with van der Waals surface area (Å²) in [5.41, 5.74) is 1.11. The van der Waals surface area contributed by atoms with Crippen LogP contribution in [0.1, 0.15) is 45.7 Å². The minimum Gasteiger partial charge on any atom is -0.465 e. The third kappa shape index (κ3) is 8.82. The zero-order chi connectivity index (χ0) is 21.3. The minimum atomic E-state index is -1.01. The number of nitrogens with one attached hydrogen (secondary N) is 3. The molecule has 1 aromatic heterocycles. The van der Waals surface area contributed by atoms with Crippen LogP contribution in [0.15, 0.2) is 30.3 Å². The van der Waals surface area contributed by atoms with Crippen molar-refractivity contribution in [3.05, 3.63) is 36.0 Å². The molecule has 0 bridgehead atoms. The van der Waals surface area contributed by atoms with Gasteiger partial charge in [0.25, 0.3) is 0 Å². The monoisotopic (exact) mass is 420 g/mol. The first-order valence-corrected chi connectivity index (χ1v) is 10.3. The molecule has 0 radical (unpaired) electrons. The maximum Gasteiger partial charge on any atom is 0.412 e. The number of aromatic nitrogens is 1. The van der Waals surface area contributed by atoms with Crippen LogP contribution in [0, 0.1) is 0 Å². The highest BCUT2D eigenvalue weighted by Crippen LogP contribution is 2.32. The van der Waals surface area contributed by atoms with E-state index in [1.807, 2.05) is 51.1 Å². The van der Waals surface area contributed by atoms with Gasteiger partial charge in [0.15, 0.2) is 5.13 Å². The third-order valence-corrected chi connectivity index (χ3v) is 4.63. The van der Waals surface area contributed by atoms with Gasteiger partial charge in [-0.05, 0) is 52.2 Å². The summed E-state index contributed by atoms with van der Waals surface area (Å²) in [5.74, 6) is 0. The van der Waals surface area contributed by atoms with Crippen molar-refractivity contribution in [1.29, 1.82) is 0 Å². The van der Waals surface area contributed by atoms with Gasteiger partial charge in [-0.2, -0.15) is 0 Å². The van der Waals surface area contributed by atoms with Crippen molar-refractivity contribution in [2.75, 3.05) is 17.2 Å². The quantitative estimate of drug-likeness (QED) is 0.414. The number of ether oxygens (including phenoxy) is 1. The predicted molar refractivity (Wildman–Crippen MR) is 115 cm³/mol. The summed E-state index contributed by atoms with van der Waals surface area (Å²) in [6.45, 7) is 5.87. The Morgan fingerprint density at radius 1 is 1.14 bits per heavy atom. The van der Waals surface area contributed by atoms with E-state index in [1.54, 1.807) is 0 Å². The Bertz CT molecular complexity index is 803. The van der Waals surface area contributed by atoms with Gasteiger partial charge >= 0.3 is 12.2 Å². The molecule has 9 heteroatoms. The summed E-state index contributed by atoms with van der Waals surface area (Å²) in [6, 6.07) is 9.69. The van der Waals surface area contributed by atoms with Gasteiger partial charge in [-0.15, -0.1) is 0 Å². The van der Waals surface area contributed by atoms with Crippen molar-refractivity contribution >= 4 is 39.3 Å². The maximum absolute atomic E-state index is 12.2. The third-order valence-electron chi connectivity index (χ3n) is 3.70. The van der Waals surface area contributed by atoms with Crippen LogP contribution in [0.25, 0.3) is 0 Å². The Hall–Kier alpha value is -2.81. The fourth-order valence-electron chi connectivity index (χ4n) is 2.50. The Balaban J connectivity index is 2.01. The van der Waals surface area contributed by atoms with Crippen LogP contribution in [0.3, 0.4) is 0 Å². The number of hydrogen-bond acceptors (Lipinski definition) is 6. The van der Waals surface area contributed by atoms with E-state index in [9.17, 15) is 9.59 Å². The van der Waals surface area contributed by atoms with Crippen molar-refractivity contribution < 1.29 is 19.4 Å². The molecule has 8 nitrogen and oxygen atoms in total. The number of carbonyl (C=O) groups is 2. The van der Waals surface area contributed by atoms with E-state index in [2.05, 4.69) is 20.9 Å². The standard InChI is InChI=1S/C20H28N4O4S/c1-20(2,3)28-19(27)24-16-15(12-8-5-9-13-21-18(25)26)23-17(29-16)22-14-10-6-4-7-11-14/h4,6-7,10-11,21H,5,8-9,12-13H2,1-3H3,(H,22,23)(H,24,27)(H,25,26). The average Bonchev–Trinajstić information content (AvgIpc) is 2.98. The molecule has 0 aliphatic rings. The van der Waals surface area contributed by atoms with E-state index in [4.69, 9.17) is 9.84 Å². The number of anilines is 3. The molecule has 0 spiro atoms. The molecule has 4 N–H and O–H groups in total. The van der Waals surface area contributed by atoms with Gasteiger partial charge in [-0.3, -0.25) is 5.32 Å². The van der Waals surface area contributed by atoms with E-state index in [1.165, 1.54) is 11.3 Å². The first kappa shape index (κ1) is 22.5. The lowest BCUT2D eigenvalue weighted by Crippen LogP contribution is -2.27. The van der Waals surface area contributed by atoms with E-state index in [-0.39, 0.29) is 0 Å². The molecule has 2 aromatic rings. The molecule has 2 rings (SSSR count). The number of para-hydroxylation sites is 1. The lowest BCUT2D eigenvalue weighted by Gasteiger charge is -2.19. The van der Waals surface area contributed by atoms with Crippen molar-refractivity contribution in [1.82, 2.24) is 10.3 Å². The van der Waals surface area contributed by atoms with E-state index in [0.29, 0.717) is 23.1 Å². The summed E-state index contributed by atoms with van der Waals surface area (Å²) in [5, 5.41) is 18.3. The molecule has 0 aliphatic heterocycles. The van der Waals surface area contributed by atoms with Crippen LogP contribution in [0.4, 0.5) is 25.4 Å². The molecule has 0 unspecified atom stereocenters. The zero-order valence-corrected chi connectivity index (χ0v) is 17.8. The van der Waals surface area contributed by atoms with Crippen LogP contribution in [-0.2, 0) is 11.2 Å². The van der Waals surface area contributed by atoms with E-state index in [0.717, 1.165) is 30.6 Å². The van der Waals surface area contributed by atoms with Crippen LogP contribution in [0.2, 0.25) is 0 Å². The molecule has 158 valence electrons. The lowest BCUT2D eigenvalue weighted by molar-refractivity contribution is 0.0636. The Morgan fingerprint density at radius 2 is 1.86 bits per heavy atom. The molecule has 1 aromatic carbocycles. The Labute approximate surface area is 174 Å². The summed E-state index contributed by atoms with van der Waals surface area (Å²) in [6.07, 6.45) is 1.58. The number of carboxylic acid groups (broad SMARTS) is 1. The first-order chi connectivity index (χ1) is 13.7. The van der Waals surface area contributed by atoms with Gasteiger partial charge in [-0.1, -0.05) is 36.0 Å². The van der Waals surface area contributed by atoms with Gasteiger partial charge in [0.05, 0.1) is 5.69 Å². The number of amides is 2. The van der Waals surface area contributed by atoms with Gasteiger partial charge in [0, 0.05) is 12.2 Å². The molecule has 29 heavy (non-hydrogen) atoms. The SMILES string of the molecule is CC(C)(C)OC(=O)Nc1sc(Nc2ccccc2)nc1CCCCCNC(=O)O. The van der Waals surface area contributed by atoms with Crippen LogP contribution in [0.5, 0.6) is 0 Å². The number of rotatable bonds is 9. The minimum absolute atomic E-state index is 0.427. The number of benzene rings is 1. The summed E-state index contributed by atoms with van der Waals surface area (Å²) >= 11 is 1.36. The van der Waals surface area contributed by atoms with E-state index >= 15 is 0 Å². The normalized spacial score (nSPS) is 11.0. The number of nitrogens with zero attached hydrogens (tertiary/aromatic N) is 1. The number of hydrogen-bond donors (Lipinski definition) is 4. The topological polar surface area (TPSA) is 113 Å². The van der Waals surface area contributed by atoms with Crippen molar-refractivity contribution in [2.24, 2.45) is 0 Å². The van der Waals surface area contributed by atoms with Crippen molar-refractivity contribution in [2.45, 2.75) is 52.1 Å². The number of unbranched alkanes of at least 4 members (excludes halogenated alkanes) is 2. The average molecular weight is 421 g/mol. The molecule has 0 atom stereocenters. The Kier molecular flexibility index (Phi) is 8.26. The molecule has 0 saturated carbocycles. The van der Waals surface area contributed by atoms with Gasteiger partial charge in [-0.25, -0.2) is 14.6 Å². The molecular weight excluding hydrogens is 392 g/mol. The molecule has 0 saturated heterocycles. The molecular formula is C20H28N4O4S. The summed E-state index contributed by atoms with van der Waals surface area (Å²) < 4.78 is 5.35. The highest BCUT2D eigenvalue weighted by molar-refractivity contribution is 7.19. The fraction of sp³-hybridized carbons (Fsp3) is 0.450. The zero-order valence-electron chi connectivity index (χ0n) is 16.9. The van der Waals surface area contributed by atoms with Crippen LogP contribution < -0.4 is 16.0 Å². The molecule has 1 heterocycles. The predicted octanol–water partition coefficient (Wildman–Crippen LogP) is 5.21. The van der Waals surface area contributed by atoms with Gasteiger partial charge < -0.3 is 20.5 Å². The first-order valence-electron chi connectivity index (χ1n) is 9.51. The van der Waals surface area contributed by atoms with Gasteiger partial charge in [0.1, 0.15) is 10.6 Å². The largest absolute Gasteiger partial charge is 0.465 e. The summed E-state index contributed by atoms with van der Waals surface area (Å²) in [7, 11) is 0. The molecule has 2 amide bonds. The fourth-order valence-corrected chi connectivity index (χ4v) is 3.42. The highest BCUT2D eigenvalue weighted by atomic mass is 32.1. The second-order valence-electron chi connectivity index (χ2n) is 7.46. The number of thiazole rings is 1. The summed E-state index contributed by atoms with van der Waals surface area (Å²) in [4.78, 5) is 27.3. The molecule has 0 aliphatic carbocycles. The van der Waals surface area contributed by atoms with Crippen molar-refractivity contribution in [3.8, 4) is 0 Å². The number of aryl methyl sites for hydroxylation is 1. The van der Waals surface area contributed by atoms with Crippen LogP contribution >= 0.6 is 11.3 Å². The number of carbonyl (C=O) groups excluding carboxylic acids is 1. The van der Waals surface area contributed by atoms with Crippen molar-refractivity contribution in [3.63, 3.8) is 0 Å². The van der Waals surface area contributed by atoms with E-state index < -0.39 is 17.8 Å². The molecule has 0 fully saturated rings. The Morgan fingerprint density at radius 3 is 2.52 bits per heavy atom. The second kappa shape index (κ2) is 10.7. The highest BCUT2D eigenvalue weighted by Gasteiger charge is 2.19. The van der Waals surface area contributed by atoms with Gasteiger partial charge in [0.2, 0.25) is 0 Å². The maximum atomic E-state index is 12.2.